The summed E-state index contributed by atoms with van der Waals surface area (Å²) in [6.07, 6.45) is 1.96. The van der Waals surface area contributed by atoms with Gasteiger partial charge in [0.25, 0.3) is 11.8 Å². The Bertz CT molecular complexity index is 1230. The Balaban J connectivity index is 1.57. The number of anilines is 1. The number of methoxy groups -OCH3 is 1. The molecule has 0 radical (unpaired) electrons. The van der Waals surface area contributed by atoms with Crippen molar-refractivity contribution in [1.29, 1.82) is 0 Å². The van der Waals surface area contributed by atoms with Crippen LogP contribution in [0.5, 0.6) is 5.88 Å². The smallest absolute Gasteiger partial charge is 0.260 e. The molecule has 5 rings (SSSR count). The van der Waals surface area contributed by atoms with Crippen LogP contribution in [-0.4, -0.2) is 35.0 Å². The zero-order valence-corrected chi connectivity index (χ0v) is 17.4. The predicted molar refractivity (Wildman–Crippen MR) is 116 cm³/mol. The van der Waals surface area contributed by atoms with E-state index in [1.165, 1.54) is 13.2 Å². The molecule has 1 aromatic heterocycles. The lowest BCUT2D eigenvalue weighted by molar-refractivity contribution is -0.110. The summed E-state index contributed by atoms with van der Waals surface area (Å²) in [4.78, 5) is 12.6. The van der Waals surface area contributed by atoms with E-state index in [9.17, 15) is 15.0 Å². The number of rotatable bonds is 5. The van der Waals surface area contributed by atoms with Crippen molar-refractivity contribution < 1.29 is 24.3 Å². The highest BCUT2D eigenvalue weighted by molar-refractivity contribution is 6.38. The van der Waals surface area contributed by atoms with Crippen LogP contribution < -0.4 is 10.1 Å². The second-order valence-electron chi connectivity index (χ2n) is 7.80. The standard InChI is InChI=1S/C23H19ClN2O5/c1-30-19-10-18(31-26-19)21(28)20-15-8-14(16(24)9-17(15)25-22(20)29)12-2-4-13(5-3-12)23(11-27)6-7-23/h2-5,8-10,27-28H,6-7,11H2,1H3,(H,25,29). The lowest BCUT2D eigenvalue weighted by Gasteiger charge is -2.14. The summed E-state index contributed by atoms with van der Waals surface area (Å²) in [6.45, 7) is 0.138. The van der Waals surface area contributed by atoms with Gasteiger partial charge in [0.1, 0.15) is 0 Å². The summed E-state index contributed by atoms with van der Waals surface area (Å²) in [7, 11) is 1.43. The summed E-state index contributed by atoms with van der Waals surface area (Å²) < 4.78 is 10.1. The number of aliphatic hydroxyl groups excluding tert-OH is 2. The first-order valence-electron chi connectivity index (χ1n) is 9.77. The van der Waals surface area contributed by atoms with E-state index >= 15 is 0 Å². The minimum atomic E-state index is -0.468. The number of halogens is 1. The molecule has 0 bridgehead atoms. The molecule has 31 heavy (non-hydrogen) atoms. The Labute approximate surface area is 182 Å². The van der Waals surface area contributed by atoms with Gasteiger partial charge in [-0.3, -0.25) is 4.79 Å². The summed E-state index contributed by atoms with van der Waals surface area (Å²) in [6, 6.07) is 12.7. The minimum Gasteiger partial charge on any atom is -0.504 e. The van der Waals surface area contributed by atoms with Crippen LogP contribution in [0.1, 0.15) is 29.7 Å². The fraction of sp³-hybridized carbons (Fsp3) is 0.217. The van der Waals surface area contributed by atoms with Gasteiger partial charge in [0, 0.05) is 16.5 Å². The van der Waals surface area contributed by atoms with Gasteiger partial charge in [0.15, 0.2) is 5.76 Å². The number of hydrogen-bond acceptors (Lipinski definition) is 6. The van der Waals surface area contributed by atoms with Crippen LogP contribution >= 0.6 is 11.6 Å². The normalized spacial score (nSPS) is 17.8. The third-order valence-electron chi connectivity index (χ3n) is 5.98. The molecule has 1 amide bonds. The third kappa shape index (κ3) is 3.17. The van der Waals surface area contributed by atoms with E-state index in [-0.39, 0.29) is 35.0 Å². The topological polar surface area (TPSA) is 105 Å². The number of carbonyl (C=O) groups excluding carboxylic acids is 1. The molecule has 0 spiro atoms. The van der Waals surface area contributed by atoms with Crippen molar-refractivity contribution in [1.82, 2.24) is 5.16 Å². The summed E-state index contributed by atoms with van der Waals surface area (Å²) in [5.41, 5.74) is 3.65. The average Bonchev–Trinajstić information content (AvgIpc) is 3.31. The first kappa shape index (κ1) is 19.7. The summed E-state index contributed by atoms with van der Waals surface area (Å²) in [5.74, 6) is -0.595. The monoisotopic (exact) mass is 438 g/mol. The third-order valence-corrected chi connectivity index (χ3v) is 6.30. The first-order valence-corrected chi connectivity index (χ1v) is 10.1. The van der Waals surface area contributed by atoms with Gasteiger partial charge >= 0.3 is 0 Å². The predicted octanol–water partition coefficient (Wildman–Crippen LogP) is 4.41. The van der Waals surface area contributed by atoms with E-state index in [0.29, 0.717) is 16.3 Å². The molecule has 0 saturated heterocycles. The number of ether oxygens (including phenoxy) is 1. The SMILES string of the molecule is COc1cc(C(O)=C2C(=O)Nc3cc(Cl)c(-c4ccc(C5(CO)CC5)cc4)cc32)on1. The van der Waals surface area contributed by atoms with E-state index in [2.05, 4.69) is 10.5 Å². The van der Waals surface area contributed by atoms with Gasteiger partial charge < -0.3 is 24.8 Å². The Hall–Kier alpha value is -3.29. The van der Waals surface area contributed by atoms with Crippen LogP contribution in [0.4, 0.5) is 5.69 Å². The Kier molecular flexibility index (Phi) is 4.53. The van der Waals surface area contributed by atoms with E-state index in [1.54, 1.807) is 12.1 Å². The highest BCUT2D eigenvalue weighted by Gasteiger charge is 2.43. The van der Waals surface area contributed by atoms with Gasteiger partial charge in [0.2, 0.25) is 5.76 Å². The quantitative estimate of drug-likeness (QED) is 0.402. The highest BCUT2D eigenvalue weighted by Crippen LogP contribution is 2.48. The van der Waals surface area contributed by atoms with E-state index < -0.39 is 5.91 Å². The average molecular weight is 439 g/mol. The Morgan fingerprint density at radius 2 is 1.97 bits per heavy atom. The van der Waals surface area contributed by atoms with Crippen molar-refractivity contribution in [2.45, 2.75) is 18.3 Å². The molecule has 2 aliphatic rings. The highest BCUT2D eigenvalue weighted by atomic mass is 35.5. The second-order valence-corrected chi connectivity index (χ2v) is 8.21. The molecule has 8 heteroatoms. The van der Waals surface area contributed by atoms with Gasteiger partial charge in [-0.1, -0.05) is 35.9 Å². The van der Waals surface area contributed by atoms with E-state index in [0.717, 1.165) is 29.5 Å². The maximum Gasteiger partial charge on any atom is 0.260 e. The molecule has 3 N–H and O–H groups in total. The number of hydrogen-bond donors (Lipinski definition) is 3. The van der Waals surface area contributed by atoms with E-state index in [4.69, 9.17) is 20.9 Å². The molecule has 3 aromatic rings. The first-order chi connectivity index (χ1) is 15.0. The summed E-state index contributed by atoms with van der Waals surface area (Å²) in [5, 5.41) is 27.2. The van der Waals surface area contributed by atoms with Gasteiger partial charge in [-0.15, -0.1) is 0 Å². The van der Waals surface area contributed by atoms with Gasteiger partial charge in [0.05, 0.1) is 36.1 Å². The molecule has 1 aliphatic heterocycles. The number of amides is 1. The molecule has 2 heterocycles. The largest absolute Gasteiger partial charge is 0.504 e. The van der Waals surface area contributed by atoms with Gasteiger partial charge in [-0.2, -0.15) is 0 Å². The second kappa shape index (κ2) is 7.14. The molecule has 0 atom stereocenters. The molecular formula is C23H19ClN2O5. The zero-order valence-electron chi connectivity index (χ0n) is 16.6. The number of aliphatic hydroxyl groups is 2. The van der Waals surface area contributed by atoms with Crippen LogP contribution in [0.3, 0.4) is 0 Å². The van der Waals surface area contributed by atoms with Crippen LogP contribution in [0.15, 0.2) is 47.0 Å². The fourth-order valence-electron chi connectivity index (χ4n) is 3.93. The van der Waals surface area contributed by atoms with Crippen molar-refractivity contribution in [2.24, 2.45) is 0 Å². The number of aromatic nitrogens is 1. The van der Waals surface area contributed by atoms with Crippen LogP contribution in [-0.2, 0) is 10.2 Å². The number of fused-ring (bicyclic) bond motifs is 1. The molecule has 7 nitrogen and oxygen atoms in total. The molecular weight excluding hydrogens is 420 g/mol. The molecule has 1 saturated carbocycles. The number of nitrogens with zero attached hydrogens (tertiary/aromatic N) is 1. The Morgan fingerprint density at radius 1 is 1.23 bits per heavy atom. The van der Waals surface area contributed by atoms with Crippen molar-refractivity contribution in [3.63, 3.8) is 0 Å². The molecule has 2 aromatic carbocycles. The van der Waals surface area contributed by atoms with Crippen molar-refractivity contribution in [3.8, 4) is 17.0 Å². The lowest BCUT2D eigenvalue weighted by Crippen LogP contribution is -2.11. The van der Waals surface area contributed by atoms with Gasteiger partial charge in [-0.25, -0.2) is 0 Å². The summed E-state index contributed by atoms with van der Waals surface area (Å²) >= 11 is 6.51. The number of nitrogens with one attached hydrogen (secondary N) is 1. The number of benzene rings is 2. The maximum absolute atomic E-state index is 12.6. The van der Waals surface area contributed by atoms with Crippen molar-refractivity contribution in [2.75, 3.05) is 19.0 Å². The van der Waals surface area contributed by atoms with E-state index in [1.807, 2.05) is 24.3 Å². The van der Waals surface area contributed by atoms with Crippen molar-refractivity contribution >= 4 is 34.5 Å². The zero-order chi connectivity index (χ0) is 21.8. The maximum atomic E-state index is 12.6. The van der Waals surface area contributed by atoms with Crippen LogP contribution in [0.2, 0.25) is 5.02 Å². The van der Waals surface area contributed by atoms with Crippen LogP contribution in [0, 0.1) is 0 Å². The van der Waals surface area contributed by atoms with Crippen LogP contribution in [0.25, 0.3) is 22.5 Å². The molecule has 0 unspecified atom stereocenters. The Morgan fingerprint density at radius 3 is 2.58 bits per heavy atom. The minimum absolute atomic E-state index is 0.0226. The lowest BCUT2D eigenvalue weighted by atomic mass is 9.93. The molecule has 1 fully saturated rings. The fourth-order valence-corrected chi connectivity index (χ4v) is 4.20. The van der Waals surface area contributed by atoms with Crippen molar-refractivity contribution in [3.05, 3.63) is 64.4 Å². The van der Waals surface area contributed by atoms with Gasteiger partial charge in [-0.05, 0) is 41.3 Å². The number of carbonyl (C=O) groups is 1. The molecule has 1 aliphatic carbocycles. The molecule has 158 valence electrons.